The highest BCUT2D eigenvalue weighted by molar-refractivity contribution is 5.92. The van der Waals surface area contributed by atoms with E-state index < -0.39 is 0 Å². The third kappa shape index (κ3) is 2.99. The summed E-state index contributed by atoms with van der Waals surface area (Å²) in [5, 5.41) is 1.14. The highest BCUT2D eigenvalue weighted by atomic mass is 16.5. The van der Waals surface area contributed by atoms with Crippen molar-refractivity contribution in [2.45, 2.75) is 32.1 Å². The predicted octanol–water partition coefficient (Wildman–Crippen LogP) is 5.89. The van der Waals surface area contributed by atoms with Crippen LogP contribution in [-0.2, 0) is 0 Å². The minimum Gasteiger partial charge on any atom is -0.439 e. The first-order valence-electron chi connectivity index (χ1n) is 10.9. The number of nitrogen functional groups attached to an aromatic ring is 1. The van der Waals surface area contributed by atoms with Crippen molar-refractivity contribution >= 4 is 22.2 Å². The normalized spacial score (nSPS) is 14.0. The maximum absolute atomic E-state index is 6.31. The third-order valence-corrected chi connectivity index (χ3v) is 6.48. The van der Waals surface area contributed by atoms with E-state index in [-0.39, 0.29) is 0 Å². The molecule has 0 saturated heterocycles. The van der Waals surface area contributed by atoms with Crippen LogP contribution in [0, 0.1) is 6.92 Å². The largest absolute Gasteiger partial charge is 0.439 e. The van der Waals surface area contributed by atoms with Gasteiger partial charge in [-0.1, -0.05) is 36.8 Å². The molecule has 0 spiro atoms. The number of imidazole rings is 1. The fourth-order valence-corrected chi connectivity index (χ4v) is 4.60. The lowest BCUT2D eigenvalue weighted by Gasteiger charge is -2.29. The minimum atomic E-state index is 0.456. The van der Waals surface area contributed by atoms with Crippen LogP contribution in [0.4, 0.5) is 5.82 Å². The van der Waals surface area contributed by atoms with Crippen molar-refractivity contribution in [1.82, 2.24) is 19.4 Å². The van der Waals surface area contributed by atoms with Gasteiger partial charge >= 0.3 is 0 Å². The number of pyridine rings is 1. The van der Waals surface area contributed by atoms with E-state index in [0.717, 1.165) is 33.4 Å². The second-order valence-corrected chi connectivity index (χ2v) is 8.39. The minimum absolute atomic E-state index is 0.456. The van der Waals surface area contributed by atoms with E-state index in [4.69, 9.17) is 15.5 Å². The second kappa shape index (κ2) is 7.34. The Labute approximate surface area is 185 Å². The summed E-state index contributed by atoms with van der Waals surface area (Å²) in [6, 6.07) is 16.2. The molecule has 1 saturated carbocycles. The summed E-state index contributed by atoms with van der Waals surface area (Å²) in [6.07, 6.45) is 8.91. The zero-order chi connectivity index (χ0) is 21.7. The zero-order valence-corrected chi connectivity index (χ0v) is 17.8. The van der Waals surface area contributed by atoms with Crippen molar-refractivity contribution in [2.75, 3.05) is 5.73 Å². The molecule has 1 fully saturated rings. The summed E-state index contributed by atoms with van der Waals surface area (Å²) in [5.41, 5.74) is 12.1. The van der Waals surface area contributed by atoms with Crippen LogP contribution in [0.3, 0.4) is 0 Å². The lowest BCUT2D eigenvalue weighted by Crippen LogP contribution is -2.13. The van der Waals surface area contributed by atoms with Crippen molar-refractivity contribution in [3.63, 3.8) is 0 Å². The topological polar surface area (TPSA) is 78.3 Å². The molecule has 0 unspecified atom stereocenters. The van der Waals surface area contributed by atoms with E-state index in [1.54, 1.807) is 12.5 Å². The Bertz CT molecular complexity index is 1450. The quantitative estimate of drug-likeness (QED) is 0.391. The van der Waals surface area contributed by atoms with E-state index in [1.807, 2.05) is 40.9 Å². The van der Waals surface area contributed by atoms with Gasteiger partial charge in [-0.15, -0.1) is 0 Å². The Morgan fingerprint density at radius 1 is 1.06 bits per heavy atom. The first-order valence-corrected chi connectivity index (χ1v) is 10.9. The van der Waals surface area contributed by atoms with E-state index in [2.05, 4.69) is 35.1 Å². The molecule has 6 rings (SSSR count). The van der Waals surface area contributed by atoms with Crippen molar-refractivity contribution in [3.8, 4) is 22.9 Å². The summed E-state index contributed by atoms with van der Waals surface area (Å²) in [7, 11) is 0. The maximum Gasteiger partial charge on any atom is 0.223 e. The average molecular weight is 422 g/mol. The zero-order valence-electron chi connectivity index (χ0n) is 17.8. The summed E-state index contributed by atoms with van der Waals surface area (Å²) in [4.78, 5) is 13.8. The number of para-hydroxylation sites is 1. The molecule has 0 bridgehead atoms. The van der Waals surface area contributed by atoms with Crippen molar-refractivity contribution < 1.29 is 4.74 Å². The summed E-state index contributed by atoms with van der Waals surface area (Å²) < 4.78 is 8.21. The molecule has 0 radical (unpaired) electrons. The van der Waals surface area contributed by atoms with Gasteiger partial charge in [-0.25, -0.2) is 15.0 Å². The Morgan fingerprint density at radius 2 is 1.91 bits per heavy atom. The monoisotopic (exact) mass is 421 g/mol. The smallest absolute Gasteiger partial charge is 0.223 e. The number of nitrogens with zero attached hydrogens (tertiary/aromatic N) is 4. The lowest BCUT2D eigenvalue weighted by atomic mass is 9.78. The lowest BCUT2D eigenvalue weighted by molar-refractivity contribution is 0.389. The van der Waals surface area contributed by atoms with Crippen LogP contribution in [0.25, 0.3) is 27.7 Å². The molecule has 2 N–H and O–H groups in total. The molecule has 2 aromatic carbocycles. The number of nitrogens with two attached hydrogens (primary N) is 1. The number of hydrogen-bond donors (Lipinski definition) is 1. The third-order valence-electron chi connectivity index (χ3n) is 6.48. The van der Waals surface area contributed by atoms with Gasteiger partial charge in [0.15, 0.2) is 0 Å². The summed E-state index contributed by atoms with van der Waals surface area (Å²) >= 11 is 0. The summed E-state index contributed by atoms with van der Waals surface area (Å²) in [6.45, 7) is 2.18. The van der Waals surface area contributed by atoms with Gasteiger partial charge in [0.2, 0.25) is 5.88 Å². The molecule has 3 heterocycles. The first kappa shape index (κ1) is 18.8. The van der Waals surface area contributed by atoms with Gasteiger partial charge in [0.05, 0.1) is 11.2 Å². The van der Waals surface area contributed by atoms with E-state index in [0.29, 0.717) is 17.6 Å². The molecule has 1 aliphatic carbocycles. The molecule has 0 atom stereocenters. The van der Waals surface area contributed by atoms with Gasteiger partial charge in [-0.3, -0.25) is 0 Å². The Balaban J connectivity index is 1.53. The number of rotatable bonds is 4. The Kier molecular flexibility index (Phi) is 4.31. The van der Waals surface area contributed by atoms with Crippen LogP contribution >= 0.6 is 0 Å². The maximum atomic E-state index is 6.31. The standard InChI is InChI=1S/C26H23N5O/c1-16-20-11-10-18(23-24-25(27)28-12-13-31(24)15-29-23)14-21(20)30-26(22(16)17-6-5-7-17)32-19-8-3-2-4-9-19/h2-4,8-15,17H,5-7H2,1H3,(H2,27,28). The van der Waals surface area contributed by atoms with Crippen molar-refractivity contribution in [2.24, 2.45) is 0 Å². The van der Waals surface area contributed by atoms with E-state index >= 15 is 0 Å². The highest BCUT2D eigenvalue weighted by Gasteiger charge is 2.27. The van der Waals surface area contributed by atoms with Gasteiger partial charge in [0.1, 0.15) is 23.4 Å². The molecule has 0 aliphatic heterocycles. The molecule has 0 amide bonds. The molecular formula is C26H23N5O. The molecule has 1 aliphatic rings. The van der Waals surface area contributed by atoms with Crippen LogP contribution in [0.2, 0.25) is 0 Å². The molecule has 6 heteroatoms. The highest BCUT2D eigenvalue weighted by Crippen LogP contribution is 2.45. The van der Waals surface area contributed by atoms with Gasteiger partial charge < -0.3 is 14.9 Å². The molecular weight excluding hydrogens is 398 g/mol. The SMILES string of the molecule is Cc1c(C2CCC2)c(Oc2ccccc2)nc2cc(-c3ncn4ccnc(N)c34)ccc12. The number of aryl methyl sites for hydroxylation is 1. The number of hydrogen-bond acceptors (Lipinski definition) is 5. The number of benzene rings is 2. The first-order chi connectivity index (χ1) is 15.7. The van der Waals surface area contributed by atoms with Gasteiger partial charge in [-0.05, 0) is 49.4 Å². The van der Waals surface area contributed by atoms with Gasteiger partial charge in [0, 0.05) is 28.9 Å². The van der Waals surface area contributed by atoms with E-state index in [1.165, 1.54) is 30.4 Å². The number of anilines is 1. The van der Waals surface area contributed by atoms with Crippen molar-refractivity contribution in [1.29, 1.82) is 0 Å². The van der Waals surface area contributed by atoms with Crippen LogP contribution < -0.4 is 10.5 Å². The van der Waals surface area contributed by atoms with Crippen LogP contribution in [0.1, 0.15) is 36.3 Å². The number of ether oxygens (including phenoxy) is 1. The predicted molar refractivity (Wildman–Crippen MR) is 126 cm³/mol. The Morgan fingerprint density at radius 3 is 2.69 bits per heavy atom. The molecule has 158 valence electrons. The molecule has 6 nitrogen and oxygen atoms in total. The molecule has 5 aromatic rings. The van der Waals surface area contributed by atoms with Gasteiger partial charge in [0.25, 0.3) is 0 Å². The van der Waals surface area contributed by atoms with Crippen LogP contribution in [-0.4, -0.2) is 19.4 Å². The average Bonchev–Trinajstić information content (AvgIpc) is 3.21. The molecule has 3 aromatic heterocycles. The van der Waals surface area contributed by atoms with Crippen LogP contribution in [0.15, 0.2) is 67.3 Å². The number of fused-ring (bicyclic) bond motifs is 2. The Hall–Kier alpha value is -3.93. The fourth-order valence-electron chi connectivity index (χ4n) is 4.60. The number of aromatic nitrogens is 4. The van der Waals surface area contributed by atoms with Gasteiger partial charge in [-0.2, -0.15) is 0 Å². The fraction of sp³-hybridized carbons (Fsp3) is 0.192. The van der Waals surface area contributed by atoms with E-state index in [9.17, 15) is 0 Å². The molecule has 32 heavy (non-hydrogen) atoms. The second-order valence-electron chi connectivity index (χ2n) is 8.39. The summed E-state index contributed by atoms with van der Waals surface area (Å²) in [5.74, 6) is 2.47. The van der Waals surface area contributed by atoms with Crippen molar-refractivity contribution in [3.05, 3.63) is 78.4 Å². The van der Waals surface area contributed by atoms with Crippen LogP contribution in [0.5, 0.6) is 11.6 Å².